The molecule has 0 spiro atoms. The quantitative estimate of drug-likeness (QED) is 0.688. The van der Waals surface area contributed by atoms with Crippen LogP contribution in [0.4, 0.5) is 4.39 Å². The van der Waals surface area contributed by atoms with Gasteiger partial charge in [0.15, 0.2) is 11.5 Å². The molecule has 0 bridgehead atoms. The van der Waals surface area contributed by atoms with Crippen molar-refractivity contribution in [1.29, 1.82) is 0 Å². The van der Waals surface area contributed by atoms with Crippen LogP contribution in [-0.2, 0) is 0 Å². The Morgan fingerprint density at radius 3 is 2.72 bits per heavy atom. The van der Waals surface area contributed by atoms with Crippen molar-refractivity contribution in [3.05, 3.63) is 46.3 Å². The highest BCUT2D eigenvalue weighted by molar-refractivity contribution is 6.33. The zero-order valence-electron chi connectivity index (χ0n) is 8.81. The first-order valence-electron chi connectivity index (χ1n) is 4.99. The average molecular weight is 283 g/mol. The second-order valence-electron chi connectivity index (χ2n) is 3.55. The lowest BCUT2D eigenvalue weighted by Crippen LogP contribution is -1.96. The molecule has 18 heavy (non-hydrogen) atoms. The summed E-state index contributed by atoms with van der Waals surface area (Å²) in [5.41, 5.74) is 0.925. The van der Waals surface area contributed by atoms with Crippen molar-refractivity contribution in [3.8, 4) is 11.4 Å². The van der Waals surface area contributed by atoms with E-state index in [0.29, 0.717) is 17.0 Å². The van der Waals surface area contributed by atoms with Gasteiger partial charge >= 0.3 is 0 Å². The molecule has 0 aliphatic heterocycles. The van der Waals surface area contributed by atoms with Crippen LogP contribution in [-0.4, -0.2) is 19.8 Å². The Morgan fingerprint density at radius 1 is 1.06 bits per heavy atom. The summed E-state index contributed by atoms with van der Waals surface area (Å²) in [7, 11) is 0. The zero-order chi connectivity index (χ0) is 12.7. The first kappa shape index (κ1) is 11.4. The molecule has 0 radical (unpaired) electrons. The van der Waals surface area contributed by atoms with E-state index in [1.807, 2.05) is 0 Å². The van der Waals surface area contributed by atoms with Gasteiger partial charge in [-0.1, -0.05) is 29.3 Å². The van der Waals surface area contributed by atoms with E-state index in [9.17, 15) is 4.39 Å². The maximum atomic E-state index is 13.4. The summed E-state index contributed by atoms with van der Waals surface area (Å²) in [4.78, 5) is 0. The number of hydrogen-bond acceptors (Lipinski definition) is 3. The molecule has 0 amide bonds. The van der Waals surface area contributed by atoms with Gasteiger partial charge in [0.1, 0.15) is 11.0 Å². The minimum Gasteiger partial charge on any atom is -0.205 e. The normalized spacial score (nSPS) is 11.1. The summed E-state index contributed by atoms with van der Waals surface area (Å²) in [5.74, 6) is -0.176. The number of fused-ring (bicyclic) bond motifs is 1. The first-order chi connectivity index (χ1) is 8.66. The largest absolute Gasteiger partial charge is 0.205 e. The van der Waals surface area contributed by atoms with Crippen molar-refractivity contribution < 1.29 is 4.39 Å². The van der Waals surface area contributed by atoms with Gasteiger partial charge in [0.2, 0.25) is 0 Å². The molecule has 0 N–H and O–H groups in total. The highest BCUT2D eigenvalue weighted by Gasteiger charge is 2.14. The maximum Gasteiger partial charge on any atom is 0.187 e. The monoisotopic (exact) mass is 282 g/mol. The van der Waals surface area contributed by atoms with Crippen LogP contribution in [0.15, 0.2) is 30.3 Å². The van der Waals surface area contributed by atoms with Gasteiger partial charge in [-0.15, -0.1) is 10.2 Å². The molecule has 0 saturated carbocycles. The van der Waals surface area contributed by atoms with Gasteiger partial charge in [0.05, 0.1) is 5.02 Å². The highest BCUT2D eigenvalue weighted by atomic mass is 35.5. The van der Waals surface area contributed by atoms with Crippen LogP contribution in [0.3, 0.4) is 0 Å². The lowest BCUT2D eigenvalue weighted by atomic mass is 10.2. The second kappa shape index (κ2) is 4.19. The highest BCUT2D eigenvalue weighted by Crippen LogP contribution is 2.28. The number of benzene rings is 1. The predicted molar refractivity (Wildman–Crippen MR) is 66.2 cm³/mol. The Labute approximate surface area is 111 Å². The fourth-order valence-corrected chi connectivity index (χ4v) is 1.96. The molecule has 0 fully saturated rings. The van der Waals surface area contributed by atoms with E-state index in [1.54, 1.807) is 24.3 Å². The molecule has 7 heteroatoms. The molecule has 0 atom stereocenters. The topological polar surface area (TPSA) is 43.1 Å². The molecule has 0 saturated heterocycles. The summed E-state index contributed by atoms with van der Waals surface area (Å²) in [6, 6.07) is 7.73. The second-order valence-corrected chi connectivity index (χ2v) is 4.32. The number of nitrogens with zero attached hydrogens (tertiary/aromatic N) is 4. The Kier molecular flexibility index (Phi) is 2.65. The summed E-state index contributed by atoms with van der Waals surface area (Å²) >= 11 is 11.7. The number of rotatable bonds is 1. The molecule has 0 unspecified atom stereocenters. The van der Waals surface area contributed by atoms with Crippen molar-refractivity contribution >= 4 is 28.8 Å². The average Bonchev–Trinajstić information content (AvgIpc) is 2.75. The minimum atomic E-state index is -0.520. The van der Waals surface area contributed by atoms with Gasteiger partial charge in [0, 0.05) is 5.56 Å². The minimum absolute atomic E-state index is 0.0198. The Hall–Kier alpha value is -1.72. The molecular formula is C11H5Cl2FN4. The van der Waals surface area contributed by atoms with Crippen molar-refractivity contribution in [2.45, 2.75) is 0 Å². The third kappa shape index (κ3) is 1.72. The lowest BCUT2D eigenvalue weighted by Gasteiger charge is -2.02. The van der Waals surface area contributed by atoms with Crippen LogP contribution in [0.25, 0.3) is 17.0 Å². The van der Waals surface area contributed by atoms with Crippen molar-refractivity contribution in [1.82, 2.24) is 19.8 Å². The van der Waals surface area contributed by atoms with Gasteiger partial charge in [-0.05, 0) is 24.3 Å². The molecule has 1 aromatic carbocycles. The first-order valence-corrected chi connectivity index (χ1v) is 5.75. The van der Waals surface area contributed by atoms with Gasteiger partial charge in [-0.25, -0.2) is 4.39 Å². The standard InChI is InChI=1S/C11H5Cl2FN4/c12-8-4-5-9-15-16-11(18(9)17-8)6-2-1-3-7(14)10(6)13/h1-5H. The third-order valence-electron chi connectivity index (χ3n) is 2.42. The molecule has 2 aromatic heterocycles. The van der Waals surface area contributed by atoms with E-state index in [1.165, 1.54) is 10.6 Å². The smallest absolute Gasteiger partial charge is 0.187 e. The molecule has 0 aliphatic carbocycles. The predicted octanol–water partition coefficient (Wildman–Crippen LogP) is 3.24. The third-order valence-corrected chi connectivity index (χ3v) is 3.01. The Morgan fingerprint density at radius 2 is 1.89 bits per heavy atom. The van der Waals surface area contributed by atoms with Crippen molar-refractivity contribution in [3.63, 3.8) is 0 Å². The Balaban J connectivity index is 2.32. The zero-order valence-corrected chi connectivity index (χ0v) is 10.3. The van der Waals surface area contributed by atoms with Gasteiger partial charge in [0.25, 0.3) is 0 Å². The number of halogens is 3. The van der Waals surface area contributed by atoms with Crippen molar-refractivity contribution in [2.24, 2.45) is 0 Å². The van der Waals surface area contributed by atoms with Gasteiger partial charge < -0.3 is 0 Å². The SMILES string of the molecule is Fc1cccc(-c2nnc3ccc(Cl)nn23)c1Cl. The lowest BCUT2D eigenvalue weighted by molar-refractivity contribution is 0.628. The van der Waals surface area contributed by atoms with E-state index < -0.39 is 5.82 Å². The molecule has 3 aromatic rings. The maximum absolute atomic E-state index is 13.4. The van der Waals surface area contributed by atoms with Crippen LogP contribution >= 0.6 is 23.2 Å². The molecule has 2 heterocycles. The Bertz CT molecular complexity index is 741. The number of hydrogen-bond donors (Lipinski definition) is 0. The van der Waals surface area contributed by atoms with E-state index >= 15 is 0 Å². The molecule has 90 valence electrons. The van der Waals surface area contributed by atoms with E-state index in [2.05, 4.69) is 15.3 Å². The molecule has 3 rings (SSSR count). The van der Waals surface area contributed by atoms with Crippen LogP contribution in [0.5, 0.6) is 0 Å². The summed E-state index contributed by atoms with van der Waals surface area (Å²) in [5, 5.41) is 12.2. The molecule has 0 aliphatic rings. The van der Waals surface area contributed by atoms with E-state index in [-0.39, 0.29) is 10.2 Å². The molecular weight excluding hydrogens is 278 g/mol. The van der Waals surface area contributed by atoms with Crippen molar-refractivity contribution in [2.75, 3.05) is 0 Å². The van der Waals surface area contributed by atoms with Gasteiger partial charge in [-0.3, -0.25) is 0 Å². The number of aromatic nitrogens is 4. The molecule has 4 nitrogen and oxygen atoms in total. The fourth-order valence-electron chi connectivity index (χ4n) is 1.61. The van der Waals surface area contributed by atoms with E-state index in [4.69, 9.17) is 23.2 Å². The van der Waals surface area contributed by atoms with Gasteiger partial charge in [-0.2, -0.15) is 9.61 Å². The fraction of sp³-hybridized carbons (Fsp3) is 0. The van der Waals surface area contributed by atoms with E-state index in [0.717, 1.165) is 0 Å². The summed E-state index contributed by atoms with van der Waals surface area (Å²) in [6.07, 6.45) is 0. The summed E-state index contributed by atoms with van der Waals surface area (Å²) in [6.45, 7) is 0. The van der Waals surface area contributed by atoms with Crippen LogP contribution in [0.1, 0.15) is 0 Å². The van der Waals surface area contributed by atoms with Crippen LogP contribution < -0.4 is 0 Å². The van der Waals surface area contributed by atoms with Crippen LogP contribution in [0.2, 0.25) is 10.2 Å². The van der Waals surface area contributed by atoms with Crippen LogP contribution in [0, 0.1) is 5.82 Å². The summed E-state index contributed by atoms with van der Waals surface area (Å²) < 4.78 is 14.8.